The van der Waals surface area contributed by atoms with Crippen molar-refractivity contribution in [1.82, 2.24) is 15.5 Å². The van der Waals surface area contributed by atoms with Crippen LogP contribution in [0, 0.1) is 5.92 Å². The first-order valence-electron chi connectivity index (χ1n) is 8.80. The van der Waals surface area contributed by atoms with E-state index in [0.717, 1.165) is 48.8 Å². The second-order valence-electron chi connectivity index (χ2n) is 6.72. The van der Waals surface area contributed by atoms with Gasteiger partial charge in [-0.05, 0) is 56.0 Å². The number of hydrogen-bond donors (Lipinski definition) is 1. The molecule has 1 amide bonds. The maximum absolute atomic E-state index is 12.6. The van der Waals surface area contributed by atoms with Gasteiger partial charge in [-0.25, -0.2) is 0 Å². The van der Waals surface area contributed by atoms with E-state index >= 15 is 0 Å². The summed E-state index contributed by atoms with van der Waals surface area (Å²) in [6, 6.07) is 11.4. The molecule has 0 saturated carbocycles. The highest BCUT2D eigenvalue weighted by Crippen LogP contribution is 2.22. The largest absolute Gasteiger partial charge is 0.355 e. The molecule has 1 aliphatic heterocycles. The quantitative estimate of drug-likeness (QED) is 0.841. The van der Waals surface area contributed by atoms with E-state index in [1.807, 2.05) is 37.3 Å². The number of nitrogens with zero attached hydrogens (tertiary/aromatic N) is 3. The SMILES string of the molecule is C[C@@H](Cc1cccc(Cl)c1)NC(=O)C1CCN(c2ccc(Cl)nn2)CC1. The average molecular weight is 393 g/mol. The van der Waals surface area contributed by atoms with Crippen molar-refractivity contribution < 1.29 is 4.79 Å². The molecule has 0 aliphatic carbocycles. The minimum absolute atomic E-state index is 0.0355. The van der Waals surface area contributed by atoms with E-state index in [1.54, 1.807) is 6.07 Å². The van der Waals surface area contributed by atoms with Gasteiger partial charge >= 0.3 is 0 Å². The first kappa shape index (κ1) is 18.9. The van der Waals surface area contributed by atoms with Gasteiger partial charge in [0.15, 0.2) is 11.0 Å². The fraction of sp³-hybridized carbons (Fsp3) is 0.421. The van der Waals surface area contributed by atoms with Gasteiger partial charge in [-0.2, -0.15) is 0 Å². The Kier molecular flexibility index (Phi) is 6.33. The molecule has 1 fully saturated rings. The van der Waals surface area contributed by atoms with Crippen molar-refractivity contribution in [3.63, 3.8) is 0 Å². The zero-order chi connectivity index (χ0) is 18.5. The van der Waals surface area contributed by atoms with Crippen LogP contribution in [0.3, 0.4) is 0 Å². The van der Waals surface area contributed by atoms with Crippen LogP contribution in [-0.4, -0.2) is 35.2 Å². The summed E-state index contributed by atoms with van der Waals surface area (Å²) in [7, 11) is 0. The summed E-state index contributed by atoms with van der Waals surface area (Å²) in [4.78, 5) is 14.7. The van der Waals surface area contributed by atoms with E-state index in [1.165, 1.54) is 0 Å². The lowest BCUT2D eigenvalue weighted by atomic mass is 9.95. The normalized spacial score (nSPS) is 16.3. The van der Waals surface area contributed by atoms with Crippen molar-refractivity contribution in [2.24, 2.45) is 5.92 Å². The van der Waals surface area contributed by atoms with E-state index in [2.05, 4.69) is 20.4 Å². The molecular weight excluding hydrogens is 371 g/mol. The van der Waals surface area contributed by atoms with Crippen LogP contribution in [0.25, 0.3) is 0 Å². The summed E-state index contributed by atoms with van der Waals surface area (Å²) in [5.74, 6) is 0.970. The Balaban J connectivity index is 1.48. The van der Waals surface area contributed by atoms with Gasteiger partial charge in [0.2, 0.25) is 5.91 Å². The number of rotatable bonds is 5. The van der Waals surface area contributed by atoms with Gasteiger partial charge in [0.05, 0.1) is 0 Å². The number of nitrogens with one attached hydrogen (secondary N) is 1. The number of hydrogen-bond acceptors (Lipinski definition) is 4. The minimum atomic E-state index is 0.0355. The van der Waals surface area contributed by atoms with Crippen LogP contribution < -0.4 is 10.2 Å². The van der Waals surface area contributed by atoms with Crippen LogP contribution in [0.4, 0.5) is 5.82 Å². The van der Waals surface area contributed by atoms with Crippen molar-refractivity contribution in [2.45, 2.75) is 32.2 Å². The van der Waals surface area contributed by atoms with E-state index in [4.69, 9.17) is 23.2 Å². The van der Waals surface area contributed by atoms with Crippen LogP contribution in [0.1, 0.15) is 25.3 Å². The molecule has 1 atom stereocenters. The first-order chi connectivity index (χ1) is 12.5. The van der Waals surface area contributed by atoms with Crippen LogP contribution in [0.15, 0.2) is 36.4 Å². The molecule has 1 aliphatic rings. The van der Waals surface area contributed by atoms with Gasteiger partial charge < -0.3 is 10.2 Å². The van der Waals surface area contributed by atoms with E-state index in [0.29, 0.717) is 5.15 Å². The predicted octanol–water partition coefficient (Wildman–Crippen LogP) is 3.75. The number of anilines is 1. The maximum Gasteiger partial charge on any atom is 0.223 e. The summed E-state index contributed by atoms with van der Waals surface area (Å²) in [6.07, 6.45) is 2.38. The number of piperidine rings is 1. The summed E-state index contributed by atoms with van der Waals surface area (Å²) in [5, 5.41) is 12.2. The molecule has 1 saturated heterocycles. The molecule has 1 N–H and O–H groups in total. The number of aromatic nitrogens is 2. The van der Waals surface area contributed by atoms with E-state index < -0.39 is 0 Å². The number of carbonyl (C=O) groups is 1. The molecule has 0 unspecified atom stereocenters. The third-order valence-electron chi connectivity index (χ3n) is 4.63. The van der Waals surface area contributed by atoms with Crippen LogP contribution >= 0.6 is 23.2 Å². The highest BCUT2D eigenvalue weighted by molar-refractivity contribution is 6.30. The summed E-state index contributed by atoms with van der Waals surface area (Å²) < 4.78 is 0. The molecule has 2 heterocycles. The molecule has 138 valence electrons. The molecule has 3 rings (SSSR count). The topological polar surface area (TPSA) is 58.1 Å². The fourth-order valence-electron chi connectivity index (χ4n) is 3.28. The van der Waals surface area contributed by atoms with Crippen molar-refractivity contribution in [3.05, 3.63) is 52.1 Å². The molecule has 26 heavy (non-hydrogen) atoms. The van der Waals surface area contributed by atoms with Crippen LogP contribution in [-0.2, 0) is 11.2 Å². The summed E-state index contributed by atoms with van der Waals surface area (Å²) in [5.41, 5.74) is 1.13. The average Bonchev–Trinajstić information content (AvgIpc) is 2.62. The van der Waals surface area contributed by atoms with Crippen molar-refractivity contribution in [3.8, 4) is 0 Å². The predicted molar refractivity (Wildman–Crippen MR) is 105 cm³/mol. The second kappa shape index (κ2) is 8.69. The van der Waals surface area contributed by atoms with Gasteiger partial charge in [-0.1, -0.05) is 35.3 Å². The smallest absolute Gasteiger partial charge is 0.223 e. The third-order valence-corrected chi connectivity index (χ3v) is 5.06. The van der Waals surface area contributed by atoms with Crippen LogP contribution in [0.2, 0.25) is 10.2 Å². The molecule has 0 radical (unpaired) electrons. The Morgan fingerprint density at radius 1 is 1.23 bits per heavy atom. The molecular formula is C19H22Cl2N4O. The Hall–Kier alpha value is -1.85. The lowest BCUT2D eigenvalue weighted by molar-refractivity contribution is -0.126. The zero-order valence-corrected chi connectivity index (χ0v) is 16.2. The van der Waals surface area contributed by atoms with Crippen molar-refractivity contribution in [2.75, 3.05) is 18.0 Å². The molecule has 0 bridgehead atoms. The van der Waals surface area contributed by atoms with Gasteiger partial charge in [-0.15, -0.1) is 10.2 Å². The van der Waals surface area contributed by atoms with Crippen molar-refractivity contribution >= 4 is 34.9 Å². The van der Waals surface area contributed by atoms with Gasteiger partial charge in [0.1, 0.15) is 0 Å². The molecule has 1 aromatic carbocycles. The van der Waals surface area contributed by atoms with E-state index in [9.17, 15) is 4.79 Å². The van der Waals surface area contributed by atoms with Crippen molar-refractivity contribution in [1.29, 1.82) is 0 Å². The standard InChI is InChI=1S/C19H22Cl2N4O/c1-13(11-14-3-2-4-16(20)12-14)22-19(26)15-7-9-25(10-8-15)18-6-5-17(21)23-24-18/h2-6,12-13,15H,7-11H2,1H3,(H,22,26)/t13-/m0/s1. The summed E-state index contributed by atoms with van der Waals surface area (Å²) in [6.45, 7) is 3.60. The zero-order valence-electron chi connectivity index (χ0n) is 14.7. The Morgan fingerprint density at radius 2 is 2.00 bits per heavy atom. The number of benzene rings is 1. The van der Waals surface area contributed by atoms with Gasteiger partial charge in [0, 0.05) is 30.1 Å². The van der Waals surface area contributed by atoms with E-state index in [-0.39, 0.29) is 17.9 Å². The number of carbonyl (C=O) groups excluding carboxylic acids is 1. The van der Waals surface area contributed by atoms with Gasteiger partial charge in [0.25, 0.3) is 0 Å². The monoisotopic (exact) mass is 392 g/mol. The molecule has 1 aromatic heterocycles. The Labute approximate surface area is 163 Å². The Morgan fingerprint density at radius 3 is 2.65 bits per heavy atom. The van der Waals surface area contributed by atoms with Crippen LogP contribution in [0.5, 0.6) is 0 Å². The summed E-state index contributed by atoms with van der Waals surface area (Å²) >= 11 is 11.8. The molecule has 5 nitrogen and oxygen atoms in total. The molecule has 0 spiro atoms. The highest BCUT2D eigenvalue weighted by Gasteiger charge is 2.26. The molecule has 7 heteroatoms. The maximum atomic E-state index is 12.6. The Bertz CT molecular complexity index is 745. The lowest BCUT2D eigenvalue weighted by Crippen LogP contribution is -2.43. The van der Waals surface area contributed by atoms with Gasteiger partial charge in [-0.3, -0.25) is 4.79 Å². The third kappa shape index (κ3) is 5.08. The lowest BCUT2D eigenvalue weighted by Gasteiger charge is -2.32. The number of amides is 1. The second-order valence-corrected chi connectivity index (χ2v) is 7.54. The fourth-order valence-corrected chi connectivity index (χ4v) is 3.59. The molecule has 2 aromatic rings. The minimum Gasteiger partial charge on any atom is -0.355 e. The first-order valence-corrected chi connectivity index (χ1v) is 9.56. The highest BCUT2D eigenvalue weighted by atomic mass is 35.5. The number of halogens is 2.